The molecule has 0 aliphatic carbocycles. The van der Waals surface area contributed by atoms with Crippen LogP contribution < -0.4 is 0 Å². The maximum Gasteiger partial charge on any atom is 0.317 e. The molecule has 30 heavy (non-hydrogen) atoms. The predicted octanol–water partition coefficient (Wildman–Crippen LogP) is 3.89. The molecule has 3 aliphatic heterocycles. The van der Waals surface area contributed by atoms with Gasteiger partial charge in [0.05, 0.1) is 10.9 Å². The fourth-order valence-corrected chi connectivity index (χ4v) is 5.52. The molecule has 1 amide bonds. The van der Waals surface area contributed by atoms with Crippen LogP contribution in [0, 0.1) is 12.8 Å². The molecular weight excluding hydrogens is 424 g/mol. The van der Waals surface area contributed by atoms with Crippen molar-refractivity contribution < 1.29 is 17.5 Å². The molecule has 2 aromatic rings. The summed E-state index contributed by atoms with van der Waals surface area (Å²) in [4.78, 5) is 15.7. The van der Waals surface area contributed by atoms with Crippen LogP contribution in [0.1, 0.15) is 35.7 Å². The van der Waals surface area contributed by atoms with E-state index in [2.05, 4.69) is 4.90 Å². The first kappa shape index (κ1) is 21.3. The summed E-state index contributed by atoms with van der Waals surface area (Å²) in [5.74, 6) is -0.289. The van der Waals surface area contributed by atoms with Gasteiger partial charge in [0.15, 0.2) is 0 Å². The average molecular weight is 449 g/mol. The molecule has 0 saturated carbocycles. The monoisotopic (exact) mass is 448 g/mol. The quantitative estimate of drug-likeness (QED) is 0.649. The van der Waals surface area contributed by atoms with Crippen molar-refractivity contribution in [1.82, 2.24) is 9.96 Å². The second-order valence-corrected chi connectivity index (χ2v) is 10.0. The number of hydrogen-bond acceptors (Lipinski definition) is 5. The normalized spacial score (nSPS) is 25.8. The van der Waals surface area contributed by atoms with E-state index in [1.807, 2.05) is 13.8 Å². The number of piperidine rings is 3. The highest BCUT2D eigenvalue weighted by Crippen LogP contribution is 2.37. The van der Waals surface area contributed by atoms with Crippen LogP contribution in [0.2, 0.25) is 5.02 Å². The van der Waals surface area contributed by atoms with E-state index in [0.717, 1.165) is 36.6 Å². The number of carbonyl (C=O) groups is 1. The Hall–Kier alpha value is -1.93. The number of carbonyl (C=O) groups excluding carboxylic acids is 1. The molecular formula is C22H25ClN2O4S. The van der Waals surface area contributed by atoms with E-state index < -0.39 is 16.0 Å². The number of halogens is 1. The van der Waals surface area contributed by atoms with Crippen molar-refractivity contribution in [3.05, 3.63) is 64.7 Å². The Morgan fingerprint density at radius 2 is 1.67 bits per heavy atom. The summed E-state index contributed by atoms with van der Waals surface area (Å²) in [5, 5.41) is 1.60. The molecule has 8 heteroatoms. The van der Waals surface area contributed by atoms with Gasteiger partial charge >= 0.3 is 10.1 Å². The van der Waals surface area contributed by atoms with E-state index in [4.69, 9.17) is 15.9 Å². The maximum absolute atomic E-state index is 13.4. The van der Waals surface area contributed by atoms with Crippen LogP contribution in [0.15, 0.2) is 53.4 Å². The van der Waals surface area contributed by atoms with Crippen molar-refractivity contribution in [2.45, 2.75) is 43.7 Å². The Morgan fingerprint density at radius 3 is 2.23 bits per heavy atom. The van der Waals surface area contributed by atoms with Crippen LogP contribution in [0.3, 0.4) is 0 Å². The third-order valence-electron chi connectivity index (χ3n) is 6.18. The van der Waals surface area contributed by atoms with E-state index >= 15 is 0 Å². The standard InChI is InChI=1S/C22H25ClN2O4S/c1-15-3-9-20(10-4-15)30(27,28)29-25(22(26)18-5-7-19(23)8-6-18)21-16(2)24-13-11-17(21)12-14-24/h3-10,16-17,21H,11-14H2,1-2H3/t16-,21-/m0/s1. The summed E-state index contributed by atoms with van der Waals surface area (Å²) in [7, 11) is -4.17. The second kappa shape index (κ2) is 8.30. The van der Waals surface area contributed by atoms with E-state index in [1.54, 1.807) is 36.4 Å². The van der Waals surface area contributed by atoms with Crippen molar-refractivity contribution in [3.8, 4) is 0 Å². The number of hydroxylamine groups is 2. The van der Waals surface area contributed by atoms with Crippen molar-refractivity contribution in [1.29, 1.82) is 0 Å². The Bertz CT molecular complexity index is 1010. The molecule has 3 fully saturated rings. The zero-order valence-electron chi connectivity index (χ0n) is 17.0. The average Bonchev–Trinajstić information content (AvgIpc) is 2.74. The first-order chi connectivity index (χ1) is 14.3. The molecule has 6 nitrogen and oxygen atoms in total. The lowest BCUT2D eigenvalue weighted by Gasteiger charge is -2.52. The Balaban J connectivity index is 1.71. The van der Waals surface area contributed by atoms with Gasteiger partial charge in [0, 0.05) is 16.6 Å². The topological polar surface area (TPSA) is 66.9 Å². The van der Waals surface area contributed by atoms with Gasteiger partial charge in [-0.15, -0.1) is 4.28 Å². The van der Waals surface area contributed by atoms with E-state index in [-0.39, 0.29) is 22.9 Å². The lowest BCUT2D eigenvalue weighted by Crippen LogP contribution is -2.63. The lowest BCUT2D eigenvalue weighted by atomic mass is 9.79. The smallest absolute Gasteiger partial charge is 0.298 e. The number of hydrogen-bond donors (Lipinski definition) is 0. The summed E-state index contributed by atoms with van der Waals surface area (Å²) in [6, 6.07) is 12.5. The zero-order chi connectivity index (χ0) is 21.5. The molecule has 160 valence electrons. The van der Waals surface area contributed by atoms with Crippen LogP contribution in [-0.4, -0.2) is 49.5 Å². The number of benzene rings is 2. The SMILES string of the molecule is Cc1ccc(S(=O)(=O)ON(C(=O)c2ccc(Cl)cc2)[C@@H]2C3CCN(CC3)[C@H]2C)cc1. The molecule has 0 aromatic heterocycles. The zero-order valence-corrected chi connectivity index (χ0v) is 18.6. The van der Waals surface area contributed by atoms with Gasteiger partial charge in [-0.25, -0.2) is 0 Å². The fourth-order valence-electron chi connectivity index (χ4n) is 4.46. The fraction of sp³-hybridized carbons (Fsp3) is 0.409. The van der Waals surface area contributed by atoms with Gasteiger partial charge in [-0.2, -0.15) is 13.5 Å². The number of amides is 1. The van der Waals surface area contributed by atoms with E-state index in [9.17, 15) is 13.2 Å². The number of fused-ring (bicyclic) bond motifs is 3. The third kappa shape index (κ3) is 4.12. The summed E-state index contributed by atoms with van der Waals surface area (Å²) in [6.45, 7) is 5.81. The largest absolute Gasteiger partial charge is 0.317 e. The van der Waals surface area contributed by atoms with Gasteiger partial charge in [-0.05, 0) is 82.1 Å². The molecule has 3 saturated heterocycles. The molecule has 3 heterocycles. The van der Waals surface area contributed by atoms with Crippen molar-refractivity contribution in [2.75, 3.05) is 13.1 Å². The predicted molar refractivity (Wildman–Crippen MR) is 115 cm³/mol. The van der Waals surface area contributed by atoms with Crippen molar-refractivity contribution >= 4 is 27.6 Å². The number of aryl methyl sites for hydroxylation is 1. The van der Waals surface area contributed by atoms with Crippen LogP contribution in [-0.2, 0) is 14.4 Å². The molecule has 2 bridgehead atoms. The lowest BCUT2D eigenvalue weighted by molar-refractivity contribution is -0.129. The number of rotatable bonds is 5. The molecule has 2 atom stereocenters. The van der Waals surface area contributed by atoms with Gasteiger partial charge in [-0.3, -0.25) is 9.69 Å². The van der Waals surface area contributed by atoms with E-state index in [1.165, 1.54) is 12.1 Å². The van der Waals surface area contributed by atoms with Crippen LogP contribution >= 0.6 is 11.6 Å². The second-order valence-electron chi connectivity index (χ2n) is 8.08. The van der Waals surface area contributed by atoms with Gasteiger partial charge in [0.25, 0.3) is 5.91 Å². The molecule has 0 radical (unpaired) electrons. The van der Waals surface area contributed by atoms with Gasteiger partial charge < -0.3 is 0 Å². The highest BCUT2D eigenvalue weighted by Gasteiger charge is 2.46. The third-order valence-corrected chi connectivity index (χ3v) is 7.64. The molecule has 5 rings (SSSR count). The Kier molecular flexibility index (Phi) is 5.90. The van der Waals surface area contributed by atoms with Crippen LogP contribution in [0.4, 0.5) is 0 Å². The highest BCUT2D eigenvalue weighted by molar-refractivity contribution is 7.86. The minimum Gasteiger partial charge on any atom is -0.298 e. The van der Waals surface area contributed by atoms with Crippen molar-refractivity contribution in [3.63, 3.8) is 0 Å². The minimum atomic E-state index is -4.17. The molecule has 0 unspecified atom stereocenters. The first-order valence-electron chi connectivity index (χ1n) is 10.1. The number of nitrogens with zero attached hydrogens (tertiary/aromatic N) is 2. The summed E-state index contributed by atoms with van der Waals surface area (Å²) < 4.78 is 31.7. The summed E-state index contributed by atoms with van der Waals surface area (Å²) >= 11 is 5.96. The van der Waals surface area contributed by atoms with E-state index in [0.29, 0.717) is 10.6 Å². The summed E-state index contributed by atoms with van der Waals surface area (Å²) in [5.41, 5.74) is 1.27. The molecule has 0 N–H and O–H groups in total. The first-order valence-corrected chi connectivity index (χ1v) is 11.9. The molecule has 2 aromatic carbocycles. The highest BCUT2D eigenvalue weighted by atomic mass is 35.5. The van der Waals surface area contributed by atoms with Gasteiger partial charge in [-0.1, -0.05) is 29.3 Å². The Labute approximate surface area is 182 Å². The van der Waals surface area contributed by atoms with Crippen molar-refractivity contribution in [2.24, 2.45) is 5.92 Å². The molecule has 3 aliphatic rings. The summed E-state index contributed by atoms with van der Waals surface area (Å²) in [6.07, 6.45) is 1.82. The minimum absolute atomic E-state index is 0.00182. The van der Waals surface area contributed by atoms with Gasteiger partial charge in [0.2, 0.25) is 0 Å². The Morgan fingerprint density at radius 1 is 1.07 bits per heavy atom. The van der Waals surface area contributed by atoms with Gasteiger partial charge in [0.1, 0.15) is 0 Å². The van der Waals surface area contributed by atoms with Crippen LogP contribution in [0.5, 0.6) is 0 Å². The maximum atomic E-state index is 13.4. The molecule has 0 spiro atoms. The van der Waals surface area contributed by atoms with Crippen LogP contribution in [0.25, 0.3) is 0 Å².